The molecule has 0 bridgehead atoms. The second-order valence-corrected chi connectivity index (χ2v) is 5.61. The summed E-state index contributed by atoms with van der Waals surface area (Å²) in [5.74, 6) is -0.396. The van der Waals surface area contributed by atoms with Crippen LogP contribution in [0, 0.1) is 17.6 Å². The second-order valence-electron chi connectivity index (χ2n) is 4.43. The molecule has 0 heterocycles. The van der Waals surface area contributed by atoms with Gasteiger partial charge in [-0.15, -0.1) is 0 Å². The first-order valence-corrected chi connectivity index (χ1v) is 6.49. The summed E-state index contributed by atoms with van der Waals surface area (Å²) in [6.45, 7) is 4.31. The molecule has 0 nitrogen and oxygen atoms in total. The third-order valence-electron chi connectivity index (χ3n) is 2.59. The molecule has 1 rings (SSSR count). The van der Waals surface area contributed by atoms with Crippen LogP contribution in [0.3, 0.4) is 0 Å². The van der Waals surface area contributed by atoms with Gasteiger partial charge in [0.25, 0.3) is 0 Å². The minimum atomic E-state index is -0.491. The van der Waals surface area contributed by atoms with Crippen LogP contribution in [0.15, 0.2) is 18.2 Å². The third kappa shape index (κ3) is 4.60. The maximum atomic E-state index is 12.9. The van der Waals surface area contributed by atoms with Crippen molar-refractivity contribution in [1.29, 1.82) is 0 Å². The summed E-state index contributed by atoms with van der Waals surface area (Å²) >= 11 is 3.60. The van der Waals surface area contributed by atoms with E-state index in [-0.39, 0.29) is 0 Å². The Kier molecular flexibility index (Phi) is 5.39. The van der Waals surface area contributed by atoms with Crippen molar-refractivity contribution in [3.05, 3.63) is 35.4 Å². The van der Waals surface area contributed by atoms with Gasteiger partial charge in [-0.2, -0.15) is 0 Å². The summed E-state index contributed by atoms with van der Waals surface area (Å²) < 4.78 is 25.8. The van der Waals surface area contributed by atoms with Gasteiger partial charge in [-0.25, -0.2) is 8.78 Å². The van der Waals surface area contributed by atoms with Crippen LogP contribution >= 0.6 is 15.9 Å². The number of rotatable bonds is 5. The van der Waals surface area contributed by atoms with Gasteiger partial charge in [0.1, 0.15) is 11.6 Å². The second kappa shape index (κ2) is 6.33. The van der Waals surface area contributed by atoms with Gasteiger partial charge < -0.3 is 0 Å². The predicted octanol–water partition coefficient (Wildman–Crippen LogP) is 4.71. The van der Waals surface area contributed by atoms with Crippen LogP contribution in [0.4, 0.5) is 8.78 Å². The molecule has 0 amide bonds. The van der Waals surface area contributed by atoms with Crippen LogP contribution in [0.1, 0.15) is 32.3 Å². The van der Waals surface area contributed by atoms with E-state index in [1.807, 2.05) is 0 Å². The van der Waals surface area contributed by atoms with E-state index in [2.05, 4.69) is 29.8 Å². The van der Waals surface area contributed by atoms with Crippen molar-refractivity contribution in [2.75, 3.05) is 0 Å². The quantitative estimate of drug-likeness (QED) is 0.689. The van der Waals surface area contributed by atoms with E-state index < -0.39 is 11.6 Å². The van der Waals surface area contributed by atoms with Crippen LogP contribution in [0.5, 0.6) is 0 Å². The van der Waals surface area contributed by atoms with E-state index in [4.69, 9.17) is 0 Å². The maximum Gasteiger partial charge on any atom is 0.126 e. The number of alkyl halides is 1. The normalized spacial score (nSPS) is 13.1. The zero-order valence-corrected chi connectivity index (χ0v) is 11.2. The number of hydrogen-bond acceptors (Lipinski definition) is 0. The van der Waals surface area contributed by atoms with Gasteiger partial charge >= 0.3 is 0 Å². The molecule has 1 atom stereocenters. The van der Waals surface area contributed by atoms with Crippen molar-refractivity contribution in [3.63, 3.8) is 0 Å². The lowest BCUT2D eigenvalue weighted by Crippen LogP contribution is -2.07. The molecular formula is C13H17BrF2. The van der Waals surface area contributed by atoms with Crippen LogP contribution in [-0.2, 0) is 6.42 Å². The molecule has 0 N–H and O–H groups in total. The summed E-state index contributed by atoms with van der Waals surface area (Å²) in [4.78, 5) is 0.478. The van der Waals surface area contributed by atoms with Gasteiger partial charge in [0.2, 0.25) is 0 Å². The summed E-state index contributed by atoms with van der Waals surface area (Å²) in [5.41, 5.74) is 0.737. The maximum absolute atomic E-state index is 12.9. The Hall–Kier alpha value is -0.440. The molecule has 3 heteroatoms. The Bertz CT molecular complexity index is 316. The molecular weight excluding hydrogens is 274 g/mol. The molecule has 0 spiro atoms. The Morgan fingerprint density at radius 2 is 1.69 bits per heavy atom. The fraction of sp³-hybridized carbons (Fsp3) is 0.538. The number of hydrogen-bond donors (Lipinski definition) is 0. The van der Waals surface area contributed by atoms with Gasteiger partial charge in [0.15, 0.2) is 0 Å². The van der Waals surface area contributed by atoms with Crippen LogP contribution in [0.2, 0.25) is 0 Å². The molecule has 1 aromatic rings. The first-order chi connectivity index (χ1) is 7.49. The van der Waals surface area contributed by atoms with E-state index in [9.17, 15) is 8.78 Å². The molecule has 0 aliphatic heterocycles. The molecule has 0 fully saturated rings. The fourth-order valence-corrected chi connectivity index (χ4v) is 1.91. The summed E-state index contributed by atoms with van der Waals surface area (Å²) in [6.07, 6.45) is 2.69. The van der Waals surface area contributed by atoms with Crippen molar-refractivity contribution in [1.82, 2.24) is 0 Å². The molecule has 0 aromatic heterocycles. The molecule has 16 heavy (non-hydrogen) atoms. The third-order valence-corrected chi connectivity index (χ3v) is 4.11. The number of halogens is 3. The zero-order valence-electron chi connectivity index (χ0n) is 9.64. The summed E-state index contributed by atoms with van der Waals surface area (Å²) in [7, 11) is 0. The van der Waals surface area contributed by atoms with Gasteiger partial charge in [-0.1, -0.05) is 29.8 Å². The summed E-state index contributed by atoms with van der Waals surface area (Å²) in [5, 5.41) is 0. The smallest absolute Gasteiger partial charge is 0.126 e. The van der Waals surface area contributed by atoms with Gasteiger partial charge in [-0.3, -0.25) is 0 Å². The number of benzene rings is 1. The lowest BCUT2D eigenvalue weighted by atomic mass is 10.0. The minimum Gasteiger partial charge on any atom is -0.207 e. The highest BCUT2D eigenvalue weighted by molar-refractivity contribution is 9.09. The highest BCUT2D eigenvalue weighted by atomic mass is 79.9. The first-order valence-electron chi connectivity index (χ1n) is 5.58. The lowest BCUT2D eigenvalue weighted by Gasteiger charge is -2.13. The molecule has 1 unspecified atom stereocenters. The Morgan fingerprint density at radius 3 is 2.19 bits per heavy atom. The molecule has 0 saturated carbocycles. The van der Waals surface area contributed by atoms with Gasteiger partial charge in [0.05, 0.1) is 0 Å². The monoisotopic (exact) mass is 290 g/mol. The SMILES string of the molecule is CC(C)C(Br)CCCc1cc(F)cc(F)c1. The van der Waals surface area contributed by atoms with E-state index in [0.29, 0.717) is 10.7 Å². The molecule has 0 radical (unpaired) electrons. The van der Waals surface area contributed by atoms with E-state index >= 15 is 0 Å². The topological polar surface area (TPSA) is 0 Å². The highest BCUT2D eigenvalue weighted by Crippen LogP contribution is 2.19. The fourth-order valence-electron chi connectivity index (χ4n) is 1.59. The van der Waals surface area contributed by atoms with Crippen molar-refractivity contribution >= 4 is 15.9 Å². The van der Waals surface area contributed by atoms with Crippen LogP contribution in [-0.4, -0.2) is 4.83 Å². The molecule has 0 aliphatic rings. The minimum absolute atomic E-state index is 0.478. The van der Waals surface area contributed by atoms with Crippen molar-refractivity contribution in [3.8, 4) is 0 Å². The Labute approximate surface area is 104 Å². The average molecular weight is 291 g/mol. The molecule has 90 valence electrons. The van der Waals surface area contributed by atoms with Crippen molar-refractivity contribution in [2.24, 2.45) is 5.92 Å². The standard InChI is InChI=1S/C13H17BrF2/c1-9(2)13(14)5-3-4-10-6-11(15)8-12(16)7-10/h6-9,13H,3-5H2,1-2H3. The highest BCUT2D eigenvalue weighted by Gasteiger charge is 2.08. The van der Waals surface area contributed by atoms with Crippen molar-refractivity contribution < 1.29 is 8.78 Å². The van der Waals surface area contributed by atoms with Crippen LogP contribution in [0.25, 0.3) is 0 Å². The van der Waals surface area contributed by atoms with Gasteiger partial charge in [0, 0.05) is 10.9 Å². The molecule has 1 aromatic carbocycles. The predicted molar refractivity (Wildman–Crippen MR) is 66.8 cm³/mol. The molecule has 0 aliphatic carbocycles. The van der Waals surface area contributed by atoms with Crippen LogP contribution < -0.4 is 0 Å². The Morgan fingerprint density at radius 1 is 1.12 bits per heavy atom. The molecule has 0 saturated heterocycles. The van der Waals surface area contributed by atoms with E-state index in [1.165, 1.54) is 12.1 Å². The zero-order chi connectivity index (χ0) is 12.1. The van der Waals surface area contributed by atoms with E-state index in [1.54, 1.807) is 0 Å². The van der Waals surface area contributed by atoms with E-state index in [0.717, 1.165) is 30.9 Å². The Balaban J connectivity index is 2.43. The lowest BCUT2D eigenvalue weighted by molar-refractivity contribution is 0.556. The average Bonchev–Trinajstić information content (AvgIpc) is 2.15. The van der Waals surface area contributed by atoms with Crippen molar-refractivity contribution in [2.45, 2.75) is 37.9 Å². The first kappa shape index (κ1) is 13.6. The van der Waals surface area contributed by atoms with Gasteiger partial charge in [-0.05, 0) is 42.9 Å². The summed E-state index contributed by atoms with van der Waals surface area (Å²) in [6, 6.07) is 3.72. The largest absolute Gasteiger partial charge is 0.207 e. The number of aryl methyl sites for hydroxylation is 1.